The molecular formula is C5H7Br. The summed E-state index contributed by atoms with van der Waals surface area (Å²) in [5, 5.41) is 0.826. The predicted molar refractivity (Wildman–Crippen MR) is 31.9 cm³/mol. The van der Waals surface area contributed by atoms with Gasteiger partial charge in [0.05, 0.1) is 0 Å². The van der Waals surface area contributed by atoms with Gasteiger partial charge in [-0.15, -0.1) is 11.8 Å². The average Bonchev–Trinajstić information content (AvgIpc) is 1.66. The first-order valence-corrected chi connectivity index (χ1v) is 2.78. The molecule has 0 unspecified atom stereocenters. The van der Waals surface area contributed by atoms with Gasteiger partial charge in [-0.05, 0) is 6.88 Å². The monoisotopic (exact) mass is 148 g/mol. The van der Waals surface area contributed by atoms with E-state index in [1.54, 1.807) is 0 Å². The third-order valence-electron chi connectivity index (χ3n) is 0.322. The largest absolute Gasteiger partial charge is 0.107 e. The average molecular weight is 149 g/mol. The zero-order valence-corrected chi connectivity index (χ0v) is 4.96. The summed E-state index contributed by atoms with van der Waals surface area (Å²) in [6.07, 6.45) is 0.730. The van der Waals surface area contributed by atoms with Crippen LogP contribution in [0, 0.1) is 11.8 Å². The molecule has 0 nitrogen and oxygen atoms in total. The fourth-order valence-electron chi connectivity index (χ4n) is 0.119. The molecular weight excluding hydrogens is 140 g/mol. The summed E-state index contributed by atoms with van der Waals surface area (Å²) in [6.45, 7) is -0.978. The lowest BCUT2D eigenvalue weighted by atomic mass is 10.5. The lowest BCUT2D eigenvalue weighted by molar-refractivity contribution is 1.32. The number of rotatable bonds is 1. The van der Waals surface area contributed by atoms with Crippen molar-refractivity contribution in [2.75, 3.05) is 5.33 Å². The van der Waals surface area contributed by atoms with E-state index in [9.17, 15) is 0 Å². The maximum Gasteiger partial charge on any atom is 0.0366 e. The Morgan fingerprint density at radius 3 is 3.33 bits per heavy atom. The molecule has 34 valence electrons. The highest BCUT2D eigenvalue weighted by Gasteiger charge is 1.65. The lowest BCUT2D eigenvalue weighted by Crippen LogP contribution is -1.62. The fourth-order valence-corrected chi connectivity index (χ4v) is 0.318. The first-order chi connectivity index (χ1) is 3.77. The van der Waals surface area contributed by atoms with Crippen LogP contribution in [0.2, 0.25) is 0 Å². The Balaban J connectivity index is 3.20. The van der Waals surface area contributed by atoms with E-state index in [1.807, 2.05) is 0 Å². The second-order valence-electron chi connectivity index (χ2n) is 0.760. The summed E-state index contributed by atoms with van der Waals surface area (Å²) < 4.78 is 13.3. The normalized spacial score (nSPS) is 11.7. The van der Waals surface area contributed by atoms with Crippen LogP contribution in [0.3, 0.4) is 0 Å². The van der Waals surface area contributed by atoms with Crippen LogP contribution in [-0.2, 0) is 0 Å². The maximum absolute atomic E-state index is 6.63. The van der Waals surface area contributed by atoms with Crippen molar-refractivity contribution in [2.24, 2.45) is 0 Å². The van der Waals surface area contributed by atoms with Crippen molar-refractivity contribution in [1.82, 2.24) is 0 Å². The van der Waals surface area contributed by atoms with Gasteiger partial charge < -0.3 is 0 Å². The molecule has 0 amide bonds. The molecule has 0 rings (SSSR count). The van der Waals surface area contributed by atoms with Crippen molar-refractivity contribution in [1.29, 1.82) is 0 Å². The summed E-state index contributed by atoms with van der Waals surface area (Å²) in [5.41, 5.74) is 0. The Hall–Kier alpha value is 0.0400. The molecule has 0 heterocycles. The van der Waals surface area contributed by atoms with Gasteiger partial charge in [0.15, 0.2) is 0 Å². The fraction of sp³-hybridized carbons (Fsp3) is 0.600. The van der Waals surface area contributed by atoms with Gasteiger partial charge in [-0.1, -0.05) is 15.9 Å². The molecule has 0 saturated heterocycles. The standard InChI is InChI=1S/C5H7Br/c1-2-3-4-5-6/h4-5H2,1H3/i1D2. The van der Waals surface area contributed by atoms with Gasteiger partial charge in [-0.3, -0.25) is 0 Å². The molecule has 0 aromatic rings. The Bertz CT molecular complexity index is 101. The van der Waals surface area contributed by atoms with E-state index in [0.29, 0.717) is 0 Å². The Morgan fingerprint density at radius 2 is 2.83 bits per heavy atom. The van der Waals surface area contributed by atoms with Gasteiger partial charge in [0.1, 0.15) is 0 Å². The first-order valence-electron chi connectivity index (χ1n) is 2.81. The van der Waals surface area contributed by atoms with Crippen molar-refractivity contribution in [3.05, 3.63) is 0 Å². The molecule has 0 aromatic heterocycles. The van der Waals surface area contributed by atoms with Crippen LogP contribution >= 0.6 is 15.9 Å². The number of halogens is 1. The SMILES string of the molecule is [2H]C([2H])C#CCCBr. The molecule has 0 N–H and O–H groups in total. The first kappa shape index (κ1) is 3.10. The highest BCUT2D eigenvalue weighted by molar-refractivity contribution is 9.09. The highest BCUT2D eigenvalue weighted by atomic mass is 79.9. The van der Waals surface area contributed by atoms with Gasteiger partial charge in [0, 0.05) is 14.5 Å². The molecule has 0 bridgehead atoms. The van der Waals surface area contributed by atoms with Crippen LogP contribution < -0.4 is 0 Å². The van der Waals surface area contributed by atoms with Crippen LogP contribution in [0.4, 0.5) is 0 Å². The van der Waals surface area contributed by atoms with Crippen molar-refractivity contribution in [3.63, 3.8) is 0 Å². The topological polar surface area (TPSA) is 0 Å². The summed E-state index contributed by atoms with van der Waals surface area (Å²) in [7, 11) is 0. The van der Waals surface area contributed by atoms with Crippen LogP contribution in [0.25, 0.3) is 0 Å². The van der Waals surface area contributed by atoms with E-state index in [1.165, 1.54) is 0 Å². The van der Waals surface area contributed by atoms with E-state index in [4.69, 9.17) is 2.74 Å². The van der Waals surface area contributed by atoms with Crippen molar-refractivity contribution in [2.45, 2.75) is 13.3 Å². The molecule has 0 aromatic carbocycles. The second kappa shape index (κ2) is 5.04. The number of hydrogen-bond acceptors (Lipinski definition) is 0. The Morgan fingerprint density at radius 1 is 2.00 bits per heavy atom. The minimum absolute atomic E-state index is 0.730. The quantitative estimate of drug-likeness (QED) is 0.393. The molecule has 0 aliphatic carbocycles. The van der Waals surface area contributed by atoms with Gasteiger partial charge in [-0.2, -0.15) is 0 Å². The summed E-state index contributed by atoms with van der Waals surface area (Å²) in [6, 6.07) is 0. The molecule has 0 radical (unpaired) electrons. The molecule has 0 saturated carbocycles. The summed E-state index contributed by atoms with van der Waals surface area (Å²) in [5.74, 6) is 5.06. The van der Waals surface area contributed by atoms with Crippen LogP contribution in [0.15, 0.2) is 0 Å². The summed E-state index contributed by atoms with van der Waals surface area (Å²) >= 11 is 3.17. The minimum Gasteiger partial charge on any atom is -0.107 e. The van der Waals surface area contributed by atoms with Crippen molar-refractivity contribution < 1.29 is 2.74 Å². The number of alkyl halides is 1. The van der Waals surface area contributed by atoms with Crippen molar-refractivity contribution in [3.8, 4) is 11.8 Å². The molecule has 0 fully saturated rings. The zero-order chi connectivity index (χ0) is 6.41. The number of hydrogen-bond donors (Lipinski definition) is 0. The molecule has 0 aliphatic rings. The van der Waals surface area contributed by atoms with E-state index in [0.717, 1.165) is 11.8 Å². The highest BCUT2D eigenvalue weighted by Crippen LogP contribution is 1.82. The van der Waals surface area contributed by atoms with Crippen molar-refractivity contribution >= 4 is 15.9 Å². The second-order valence-corrected chi connectivity index (χ2v) is 1.55. The predicted octanol–water partition coefficient (Wildman–Crippen LogP) is 1.79. The van der Waals surface area contributed by atoms with Crippen LogP contribution in [0.5, 0.6) is 0 Å². The van der Waals surface area contributed by atoms with Crippen LogP contribution in [-0.4, -0.2) is 5.33 Å². The summed E-state index contributed by atoms with van der Waals surface area (Å²) in [4.78, 5) is 0. The molecule has 0 spiro atoms. The van der Waals surface area contributed by atoms with E-state index < -0.39 is 6.88 Å². The molecule has 1 heteroatoms. The molecule has 0 atom stereocenters. The molecule has 0 aliphatic heterocycles. The van der Waals surface area contributed by atoms with E-state index in [2.05, 4.69) is 27.8 Å². The zero-order valence-electron chi connectivity index (χ0n) is 5.37. The van der Waals surface area contributed by atoms with Gasteiger partial charge in [0.25, 0.3) is 0 Å². The Labute approximate surface area is 49.9 Å². The van der Waals surface area contributed by atoms with Gasteiger partial charge in [0.2, 0.25) is 0 Å². The van der Waals surface area contributed by atoms with E-state index >= 15 is 0 Å². The third-order valence-corrected chi connectivity index (χ3v) is 0.718. The van der Waals surface area contributed by atoms with Gasteiger partial charge in [-0.25, -0.2) is 0 Å². The van der Waals surface area contributed by atoms with E-state index in [-0.39, 0.29) is 0 Å². The maximum atomic E-state index is 6.63. The Kier molecular flexibility index (Phi) is 2.60. The minimum atomic E-state index is -0.978. The van der Waals surface area contributed by atoms with Gasteiger partial charge >= 0.3 is 0 Å². The third kappa shape index (κ3) is 4.04. The smallest absolute Gasteiger partial charge is 0.0366 e. The lowest BCUT2D eigenvalue weighted by Gasteiger charge is -1.70. The van der Waals surface area contributed by atoms with Crippen LogP contribution in [0.1, 0.15) is 16.0 Å². The molecule has 6 heavy (non-hydrogen) atoms.